The molecule has 0 aliphatic carbocycles. The van der Waals surface area contributed by atoms with Gasteiger partial charge in [-0.2, -0.15) is 0 Å². The number of halogens is 2. The number of aliphatic hydroxyl groups is 1. The van der Waals surface area contributed by atoms with Crippen molar-refractivity contribution in [3.05, 3.63) is 27.7 Å². The van der Waals surface area contributed by atoms with E-state index in [1.54, 1.807) is 6.07 Å². The largest absolute Gasteiger partial charge is 0.389 e. The third kappa shape index (κ3) is 5.73. The van der Waals surface area contributed by atoms with E-state index >= 15 is 0 Å². The van der Waals surface area contributed by atoms with Gasteiger partial charge < -0.3 is 15.2 Å². The first kappa shape index (κ1) is 14.8. The van der Waals surface area contributed by atoms with Gasteiger partial charge in [0.2, 0.25) is 0 Å². The van der Waals surface area contributed by atoms with Crippen LogP contribution in [0.1, 0.15) is 13.8 Å². The molecule has 96 valence electrons. The maximum Gasteiger partial charge on any atom is 0.0945 e. The van der Waals surface area contributed by atoms with Crippen LogP contribution >= 0.6 is 27.5 Å². The van der Waals surface area contributed by atoms with Crippen LogP contribution in [0.3, 0.4) is 0 Å². The van der Waals surface area contributed by atoms with Crippen molar-refractivity contribution in [2.75, 3.05) is 18.5 Å². The Morgan fingerprint density at radius 2 is 2.18 bits per heavy atom. The lowest BCUT2D eigenvalue weighted by atomic mass is 10.3. The maximum absolute atomic E-state index is 9.68. The second-order valence-corrected chi connectivity index (χ2v) is 5.33. The van der Waals surface area contributed by atoms with Crippen LogP contribution in [-0.4, -0.2) is 30.5 Å². The Morgan fingerprint density at radius 3 is 2.82 bits per heavy atom. The summed E-state index contributed by atoms with van der Waals surface area (Å²) in [4.78, 5) is 0. The minimum absolute atomic E-state index is 0.127. The number of aliphatic hydroxyl groups excluding tert-OH is 1. The third-order valence-corrected chi connectivity index (χ3v) is 3.01. The van der Waals surface area contributed by atoms with Gasteiger partial charge in [0, 0.05) is 21.7 Å². The molecule has 0 spiro atoms. The zero-order valence-electron chi connectivity index (χ0n) is 9.91. The summed E-state index contributed by atoms with van der Waals surface area (Å²) in [6.07, 6.45) is -0.411. The monoisotopic (exact) mass is 321 g/mol. The van der Waals surface area contributed by atoms with E-state index in [1.807, 2.05) is 26.0 Å². The first-order valence-electron chi connectivity index (χ1n) is 5.47. The summed E-state index contributed by atoms with van der Waals surface area (Å²) in [5.74, 6) is 0. The maximum atomic E-state index is 9.68. The third-order valence-electron chi connectivity index (χ3n) is 2.08. The Balaban J connectivity index is 2.41. The Kier molecular flexibility index (Phi) is 6.27. The quantitative estimate of drug-likeness (QED) is 0.844. The molecule has 0 aliphatic heterocycles. The average molecular weight is 323 g/mol. The van der Waals surface area contributed by atoms with E-state index in [2.05, 4.69) is 21.2 Å². The van der Waals surface area contributed by atoms with E-state index < -0.39 is 6.10 Å². The predicted octanol–water partition coefficient (Wildman–Crippen LogP) is 3.30. The number of hydrogen-bond donors (Lipinski definition) is 2. The van der Waals surface area contributed by atoms with Gasteiger partial charge in [0.05, 0.1) is 18.8 Å². The number of rotatable bonds is 6. The molecule has 1 atom stereocenters. The summed E-state index contributed by atoms with van der Waals surface area (Å²) < 4.78 is 6.23. The van der Waals surface area contributed by atoms with Gasteiger partial charge in [-0.15, -0.1) is 0 Å². The van der Waals surface area contributed by atoms with E-state index in [0.29, 0.717) is 18.2 Å². The lowest BCUT2D eigenvalue weighted by Gasteiger charge is -2.15. The van der Waals surface area contributed by atoms with E-state index in [4.69, 9.17) is 16.3 Å². The number of benzene rings is 1. The molecular formula is C12H17BrClNO2. The molecule has 17 heavy (non-hydrogen) atoms. The van der Waals surface area contributed by atoms with Crippen molar-refractivity contribution in [3.63, 3.8) is 0 Å². The fraction of sp³-hybridized carbons (Fsp3) is 0.500. The molecule has 0 saturated heterocycles. The second kappa shape index (κ2) is 7.21. The Labute approximate surface area is 115 Å². The molecule has 0 amide bonds. The van der Waals surface area contributed by atoms with Gasteiger partial charge in [-0.1, -0.05) is 11.6 Å². The number of nitrogens with one attached hydrogen (secondary N) is 1. The van der Waals surface area contributed by atoms with Crippen molar-refractivity contribution in [1.29, 1.82) is 0 Å². The molecule has 0 bridgehead atoms. The highest BCUT2D eigenvalue weighted by molar-refractivity contribution is 9.10. The second-order valence-electron chi connectivity index (χ2n) is 4.04. The SMILES string of the molecule is CC(C)OCC(O)CNc1cc(Cl)ccc1Br. The Morgan fingerprint density at radius 1 is 1.47 bits per heavy atom. The lowest BCUT2D eigenvalue weighted by molar-refractivity contribution is 0.0112. The van der Waals surface area contributed by atoms with E-state index in [0.717, 1.165) is 10.2 Å². The topological polar surface area (TPSA) is 41.5 Å². The molecule has 1 aromatic rings. The molecule has 2 N–H and O–H groups in total. The van der Waals surface area contributed by atoms with Crippen LogP contribution in [-0.2, 0) is 4.74 Å². The Hall–Kier alpha value is -0.290. The molecule has 0 fully saturated rings. The standard InChI is InChI=1S/C12H17BrClNO2/c1-8(2)17-7-10(16)6-15-12-5-9(14)3-4-11(12)13/h3-5,8,10,15-16H,6-7H2,1-2H3. The smallest absolute Gasteiger partial charge is 0.0945 e. The van der Waals surface area contributed by atoms with E-state index in [-0.39, 0.29) is 6.10 Å². The molecule has 0 aromatic heterocycles. The minimum atomic E-state index is -0.539. The van der Waals surface area contributed by atoms with Crippen LogP contribution < -0.4 is 5.32 Å². The highest BCUT2D eigenvalue weighted by atomic mass is 79.9. The number of ether oxygens (including phenoxy) is 1. The molecule has 0 aliphatic rings. The van der Waals surface area contributed by atoms with Crippen molar-refractivity contribution < 1.29 is 9.84 Å². The molecule has 0 heterocycles. The molecule has 1 unspecified atom stereocenters. The summed E-state index contributed by atoms with van der Waals surface area (Å²) in [5.41, 5.74) is 0.862. The highest BCUT2D eigenvalue weighted by Gasteiger charge is 2.07. The van der Waals surface area contributed by atoms with Gasteiger partial charge in [0.25, 0.3) is 0 Å². The van der Waals surface area contributed by atoms with Crippen LogP contribution in [0.15, 0.2) is 22.7 Å². The van der Waals surface area contributed by atoms with Crippen LogP contribution in [0.5, 0.6) is 0 Å². The summed E-state index contributed by atoms with van der Waals surface area (Å²) in [6, 6.07) is 5.47. The van der Waals surface area contributed by atoms with Crippen molar-refractivity contribution in [3.8, 4) is 0 Å². The van der Waals surface area contributed by atoms with Crippen LogP contribution in [0.4, 0.5) is 5.69 Å². The molecule has 0 saturated carbocycles. The first-order valence-corrected chi connectivity index (χ1v) is 6.64. The summed E-state index contributed by atoms with van der Waals surface area (Å²) >= 11 is 9.30. The fourth-order valence-electron chi connectivity index (χ4n) is 1.22. The normalized spacial score (nSPS) is 12.8. The highest BCUT2D eigenvalue weighted by Crippen LogP contribution is 2.25. The number of anilines is 1. The van der Waals surface area contributed by atoms with Gasteiger partial charge in [0.1, 0.15) is 0 Å². The molecule has 1 rings (SSSR count). The fourth-order valence-corrected chi connectivity index (χ4v) is 1.78. The molecule has 0 radical (unpaired) electrons. The van der Waals surface area contributed by atoms with Crippen LogP contribution in [0.2, 0.25) is 5.02 Å². The van der Waals surface area contributed by atoms with Crippen molar-refractivity contribution in [1.82, 2.24) is 0 Å². The van der Waals surface area contributed by atoms with Gasteiger partial charge in [0.15, 0.2) is 0 Å². The van der Waals surface area contributed by atoms with Crippen molar-refractivity contribution in [2.24, 2.45) is 0 Å². The minimum Gasteiger partial charge on any atom is -0.389 e. The van der Waals surface area contributed by atoms with Crippen LogP contribution in [0.25, 0.3) is 0 Å². The van der Waals surface area contributed by atoms with E-state index in [9.17, 15) is 5.11 Å². The van der Waals surface area contributed by atoms with Gasteiger partial charge >= 0.3 is 0 Å². The zero-order valence-corrected chi connectivity index (χ0v) is 12.3. The van der Waals surface area contributed by atoms with Crippen molar-refractivity contribution in [2.45, 2.75) is 26.1 Å². The lowest BCUT2D eigenvalue weighted by Crippen LogP contribution is -2.26. The summed E-state index contributed by atoms with van der Waals surface area (Å²) in [5, 5.41) is 13.5. The summed E-state index contributed by atoms with van der Waals surface area (Å²) in [6.45, 7) is 4.62. The summed E-state index contributed by atoms with van der Waals surface area (Å²) in [7, 11) is 0. The van der Waals surface area contributed by atoms with Crippen LogP contribution in [0, 0.1) is 0 Å². The molecule has 1 aromatic carbocycles. The Bertz CT molecular complexity index is 360. The molecule has 3 nitrogen and oxygen atoms in total. The van der Waals surface area contributed by atoms with Gasteiger partial charge in [-0.3, -0.25) is 0 Å². The van der Waals surface area contributed by atoms with Crippen molar-refractivity contribution >= 4 is 33.2 Å². The van der Waals surface area contributed by atoms with Gasteiger partial charge in [-0.25, -0.2) is 0 Å². The van der Waals surface area contributed by atoms with Gasteiger partial charge in [-0.05, 0) is 48.0 Å². The molecular weight excluding hydrogens is 305 g/mol. The predicted molar refractivity (Wildman–Crippen MR) is 74.7 cm³/mol. The molecule has 5 heteroatoms. The first-order chi connectivity index (χ1) is 7.99. The zero-order chi connectivity index (χ0) is 12.8. The average Bonchev–Trinajstić information content (AvgIpc) is 2.27. The van der Waals surface area contributed by atoms with E-state index in [1.165, 1.54) is 0 Å². The number of hydrogen-bond acceptors (Lipinski definition) is 3.